The summed E-state index contributed by atoms with van der Waals surface area (Å²) < 4.78 is 0. The maximum absolute atomic E-state index is 11.0. The van der Waals surface area contributed by atoms with Crippen LogP contribution in [-0.4, -0.2) is 11.2 Å². The molecule has 2 aliphatic rings. The molecule has 1 unspecified atom stereocenters. The molecule has 2 rings (SSSR count). The van der Waals surface area contributed by atoms with Gasteiger partial charge in [0.05, 0.1) is 6.10 Å². The summed E-state index contributed by atoms with van der Waals surface area (Å²) in [5.74, 6) is 1.82. The summed E-state index contributed by atoms with van der Waals surface area (Å²) in [6.07, 6.45) is 10.1. The van der Waals surface area contributed by atoms with Gasteiger partial charge in [0.15, 0.2) is 0 Å². The molecule has 0 aromatic rings. The molecule has 0 heterocycles. The third kappa shape index (κ3) is 3.69. The minimum absolute atomic E-state index is 0.185. The lowest BCUT2D eigenvalue weighted by molar-refractivity contribution is 0.0306. The van der Waals surface area contributed by atoms with Crippen molar-refractivity contribution in [3.8, 4) is 0 Å². The highest BCUT2D eigenvalue weighted by molar-refractivity contribution is 5.24. The van der Waals surface area contributed by atoms with Crippen LogP contribution in [0.5, 0.6) is 0 Å². The van der Waals surface area contributed by atoms with Gasteiger partial charge in [-0.1, -0.05) is 42.4 Å². The molecule has 2 aliphatic carbocycles. The molecule has 1 heteroatoms. The Hall–Kier alpha value is -0.820. The fourth-order valence-corrected chi connectivity index (χ4v) is 4.29. The average Bonchev–Trinajstić information content (AvgIpc) is 2.74. The SMILES string of the molecule is C=C1CC[C@@H](C(C)CCC=C(C)C)[C@@H](O)[C@@H]2C(C)=CC[C@@H]12. The van der Waals surface area contributed by atoms with Crippen molar-refractivity contribution in [1.29, 1.82) is 0 Å². The lowest BCUT2D eigenvalue weighted by Crippen LogP contribution is -2.34. The van der Waals surface area contributed by atoms with E-state index < -0.39 is 0 Å². The summed E-state index contributed by atoms with van der Waals surface area (Å²) in [6, 6.07) is 0. The van der Waals surface area contributed by atoms with E-state index in [1.807, 2.05) is 0 Å². The predicted molar refractivity (Wildman–Crippen MR) is 91.1 cm³/mol. The van der Waals surface area contributed by atoms with Crippen LogP contribution in [0.1, 0.15) is 59.8 Å². The van der Waals surface area contributed by atoms with Crippen LogP contribution < -0.4 is 0 Å². The second kappa shape index (κ2) is 6.96. The van der Waals surface area contributed by atoms with Crippen LogP contribution in [0, 0.1) is 23.7 Å². The maximum atomic E-state index is 11.0. The molecule has 0 spiro atoms. The normalized spacial score (nSPS) is 34.0. The van der Waals surface area contributed by atoms with E-state index in [-0.39, 0.29) is 6.10 Å². The molecule has 0 bridgehead atoms. The first-order chi connectivity index (χ1) is 9.91. The van der Waals surface area contributed by atoms with Crippen LogP contribution in [0.15, 0.2) is 35.5 Å². The van der Waals surface area contributed by atoms with Gasteiger partial charge in [0.1, 0.15) is 0 Å². The van der Waals surface area contributed by atoms with Gasteiger partial charge in [-0.15, -0.1) is 0 Å². The minimum Gasteiger partial charge on any atom is -0.392 e. The molecular formula is C20H32O. The van der Waals surface area contributed by atoms with Crippen molar-refractivity contribution in [3.63, 3.8) is 0 Å². The van der Waals surface area contributed by atoms with Gasteiger partial charge in [0.2, 0.25) is 0 Å². The van der Waals surface area contributed by atoms with Crippen molar-refractivity contribution in [1.82, 2.24) is 0 Å². The number of aliphatic hydroxyl groups is 1. The summed E-state index contributed by atoms with van der Waals surface area (Å²) in [5.41, 5.74) is 4.15. The van der Waals surface area contributed by atoms with Crippen molar-refractivity contribution < 1.29 is 5.11 Å². The quantitative estimate of drug-likeness (QED) is 0.698. The minimum atomic E-state index is -0.185. The van der Waals surface area contributed by atoms with Crippen molar-refractivity contribution in [2.75, 3.05) is 0 Å². The summed E-state index contributed by atoms with van der Waals surface area (Å²) in [6.45, 7) is 13.1. The summed E-state index contributed by atoms with van der Waals surface area (Å²) in [5, 5.41) is 11.0. The molecule has 0 aliphatic heterocycles. The Morgan fingerprint density at radius 1 is 1.48 bits per heavy atom. The Labute approximate surface area is 130 Å². The van der Waals surface area contributed by atoms with Crippen LogP contribution in [0.4, 0.5) is 0 Å². The number of hydrogen-bond acceptors (Lipinski definition) is 1. The highest BCUT2D eigenvalue weighted by Crippen LogP contribution is 2.47. The highest BCUT2D eigenvalue weighted by atomic mass is 16.3. The Balaban J connectivity index is 2.07. The van der Waals surface area contributed by atoms with E-state index in [2.05, 4.69) is 46.4 Å². The summed E-state index contributed by atoms with van der Waals surface area (Å²) in [7, 11) is 0. The molecule has 1 nitrogen and oxygen atoms in total. The maximum Gasteiger partial charge on any atom is 0.0642 e. The van der Waals surface area contributed by atoms with Gasteiger partial charge in [-0.2, -0.15) is 0 Å². The average molecular weight is 288 g/mol. The van der Waals surface area contributed by atoms with Gasteiger partial charge in [0, 0.05) is 5.92 Å². The van der Waals surface area contributed by atoms with Gasteiger partial charge in [0.25, 0.3) is 0 Å². The van der Waals surface area contributed by atoms with Gasteiger partial charge < -0.3 is 5.11 Å². The third-order valence-corrected chi connectivity index (χ3v) is 5.69. The van der Waals surface area contributed by atoms with Crippen molar-refractivity contribution >= 4 is 0 Å². The molecule has 0 saturated heterocycles. The number of rotatable bonds is 4. The Morgan fingerprint density at radius 2 is 2.19 bits per heavy atom. The number of fused-ring (bicyclic) bond motifs is 1. The lowest BCUT2D eigenvalue weighted by atomic mass is 9.76. The first kappa shape index (κ1) is 16.5. The molecular weight excluding hydrogens is 256 g/mol. The zero-order valence-corrected chi connectivity index (χ0v) is 14.2. The molecule has 0 amide bonds. The van der Waals surface area contributed by atoms with E-state index in [0.717, 1.165) is 25.7 Å². The van der Waals surface area contributed by atoms with Gasteiger partial charge >= 0.3 is 0 Å². The van der Waals surface area contributed by atoms with Crippen molar-refractivity contribution in [3.05, 3.63) is 35.5 Å². The standard InChI is InChI=1S/C20H32O/c1-13(2)7-6-8-14(3)18-12-9-15(4)17-11-10-16(5)19(17)20(18)21/h7,10,14,17-21H,4,6,8-9,11-12H2,1-3,5H3/t14?,17-,18-,19+,20+/m0/s1. The largest absolute Gasteiger partial charge is 0.392 e. The molecule has 1 saturated carbocycles. The predicted octanol–water partition coefficient (Wildman–Crippen LogP) is 5.28. The lowest BCUT2D eigenvalue weighted by Gasteiger charge is -2.32. The second-order valence-corrected chi connectivity index (χ2v) is 7.50. The second-order valence-electron chi connectivity index (χ2n) is 7.50. The van der Waals surface area contributed by atoms with Crippen LogP contribution in [0.3, 0.4) is 0 Å². The zero-order valence-electron chi connectivity index (χ0n) is 14.2. The van der Waals surface area contributed by atoms with Gasteiger partial charge in [-0.25, -0.2) is 0 Å². The van der Waals surface area contributed by atoms with E-state index in [0.29, 0.717) is 23.7 Å². The van der Waals surface area contributed by atoms with Gasteiger partial charge in [-0.3, -0.25) is 0 Å². The third-order valence-electron chi connectivity index (χ3n) is 5.69. The zero-order chi connectivity index (χ0) is 15.6. The monoisotopic (exact) mass is 288 g/mol. The number of aliphatic hydroxyl groups excluding tert-OH is 1. The first-order valence-corrected chi connectivity index (χ1v) is 8.57. The molecule has 0 aromatic carbocycles. The molecule has 0 radical (unpaired) electrons. The topological polar surface area (TPSA) is 20.2 Å². The summed E-state index contributed by atoms with van der Waals surface area (Å²) in [4.78, 5) is 0. The van der Waals surface area contributed by atoms with E-state index in [1.54, 1.807) is 0 Å². The Morgan fingerprint density at radius 3 is 2.86 bits per heavy atom. The van der Waals surface area contributed by atoms with E-state index >= 15 is 0 Å². The first-order valence-electron chi connectivity index (χ1n) is 8.57. The summed E-state index contributed by atoms with van der Waals surface area (Å²) >= 11 is 0. The van der Waals surface area contributed by atoms with E-state index in [4.69, 9.17) is 0 Å². The van der Waals surface area contributed by atoms with Crippen LogP contribution in [0.25, 0.3) is 0 Å². The van der Waals surface area contributed by atoms with Crippen LogP contribution >= 0.6 is 0 Å². The fraction of sp³-hybridized carbons (Fsp3) is 0.700. The van der Waals surface area contributed by atoms with Crippen molar-refractivity contribution in [2.45, 2.75) is 65.9 Å². The molecule has 0 aromatic heterocycles. The molecule has 5 atom stereocenters. The molecule has 1 N–H and O–H groups in total. The molecule has 21 heavy (non-hydrogen) atoms. The fourth-order valence-electron chi connectivity index (χ4n) is 4.29. The van der Waals surface area contributed by atoms with Crippen LogP contribution in [-0.2, 0) is 0 Å². The Bertz CT molecular complexity index is 439. The molecule has 1 fully saturated rings. The number of allylic oxidation sites excluding steroid dienone is 4. The van der Waals surface area contributed by atoms with Crippen LogP contribution in [0.2, 0.25) is 0 Å². The van der Waals surface area contributed by atoms with E-state index in [1.165, 1.54) is 23.1 Å². The smallest absolute Gasteiger partial charge is 0.0642 e. The number of hydrogen-bond donors (Lipinski definition) is 1. The highest BCUT2D eigenvalue weighted by Gasteiger charge is 2.42. The van der Waals surface area contributed by atoms with E-state index in [9.17, 15) is 5.11 Å². The van der Waals surface area contributed by atoms with Crippen molar-refractivity contribution in [2.24, 2.45) is 23.7 Å². The Kier molecular flexibility index (Phi) is 5.48. The molecule has 118 valence electrons. The van der Waals surface area contributed by atoms with Gasteiger partial charge in [-0.05, 0) is 70.6 Å².